The Kier molecular flexibility index (Phi) is 5.69. The van der Waals surface area contributed by atoms with Gasteiger partial charge in [0.2, 0.25) is 0 Å². The molecule has 1 saturated heterocycles. The minimum atomic E-state index is -0.917. The van der Waals surface area contributed by atoms with Gasteiger partial charge in [-0.25, -0.2) is 4.79 Å². The van der Waals surface area contributed by atoms with Gasteiger partial charge in [-0.15, -0.1) is 0 Å². The molecule has 1 N–H and O–H groups in total. The molecule has 1 aliphatic rings. The smallest absolute Gasteiger partial charge is 0.407 e. The number of aldehydes is 1. The highest BCUT2D eigenvalue weighted by molar-refractivity contribution is 5.80. The molecule has 0 aliphatic carbocycles. The molecule has 0 bridgehead atoms. The van der Waals surface area contributed by atoms with Gasteiger partial charge in [-0.3, -0.25) is 19.8 Å². The highest BCUT2D eigenvalue weighted by atomic mass is 16.6. The zero-order valence-electron chi connectivity index (χ0n) is 13.3. The van der Waals surface area contributed by atoms with E-state index in [1.165, 1.54) is 23.1 Å². The molecule has 0 aromatic heterocycles. The Bertz CT molecular complexity index is 636. The van der Waals surface area contributed by atoms with Gasteiger partial charge in [-0.1, -0.05) is 0 Å². The first kappa shape index (κ1) is 17.7. The van der Waals surface area contributed by atoms with Gasteiger partial charge in [0.1, 0.15) is 12.4 Å². The van der Waals surface area contributed by atoms with Crippen molar-refractivity contribution in [2.45, 2.75) is 13.0 Å². The number of piperazine rings is 1. The fourth-order valence-corrected chi connectivity index (χ4v) is 2.68. The van der Waals surface area contributed by atoms with Crippen molar-refractivity contribution in [2.75, 3.05) is 32.8 Å². The molecular formula is C15H19N3O6. The second-order valence-electron chi connectivity index (χ2n) is 5.57. The third-order valence-electron chi connectivity index (χ3n) is 3.95. The molecule has 1 aromatic rings. The number of carbonyl (C=O) groups is 2. The van der Waals surface area contributed by atoms with Gasteiger partial charge in [0.05, 0.1) is 10.5 Å². The van der Waals surface area contributed by atoms with Crippen LogP contribution in [0.3, 0.4) is 0 Å². The Morgan fingerprint density at radius 3 is 2.83 bits per heavy atom. The average Bonchev–Trinajstić information content (AvgIpc) is 2.54. The second kappa shape index (κ2) is 7.73. The van der Waals surface area contributed by atoms with Crippen LogP contribution in [-0.2, 0) is 0 Å². The maximum absolute atomic E-state index is 11.0. The number of carboxylic acid groups (broad SMARTS) is 1. The molecule has 1 aromatic carbocycles. The van der Waals surface area contributed by atoms with Crippen LogP contribution in [0, 0.1) is 10.1 Å². The summed E-state index contributed by atoms with van der Waals surface area (Å²) in [5.74, 6) is 0.299. The zero-order chi connectivity index (χ0) is 17.7. The first-order chi connectivity index (χ1) is 11.4. The molecule has 1 atom stereocenters. The highest BCUT2D eigenvalue weighted by Crippen LogP contribution is 2.22. The third-order valence-corrected chi connectivity index (χ3v) is 3.95. The SMILES string of the molecule is CC1CN(CCOc2ccc([N+](=O)[O-])cc2C=O)CCN1C(=O)O. The van der Waals surface area contributed by atoms with E-state index in [0.29, 0.717) is 44.8 Å². The lowest BCUT2D eigenvalue weighted by atomic mass is 10.2. The maximum Gasteiger partial charge on any atom is 0.407 e. The standard InChI is InChI=1S/C15H19N3O6/c1-11-9-16(4-5-17(11)15(20)21)6-7-24-14-3-2-13(18(22)23)8-12(14)10-19/h2-3,8,10-11H,4-7,9H2,1H3,(H,20,21). The molecular weight excluding hydrogens is 318 g/mol. The van der Waals surface area contributed by atoms with Crippen LogP contribution >= 0.6 is 0 Å². The Hall–Kier alpha value is -2.68. The topological polar surface area (TPSA) is 113 Å². The highest BCUT2D eigenvalue weighted by Gasteiger charge is 2.26. The van der Waals surface area contributed by atoms with E-state index < -0.39 is 11.0 Å². The van der Waals surface area contributed by atoms with Crippen molar-refractivity contribution < 1.29 is 24.4 Å². The zero-order valence-corrected chi connectivity index (χ0v) is 13.3. The molecule has 0 saturated carbocycles. The van der Waals surface area contributed by atoms with E-state index in [4.69, 9.17) is 9.84 Å². The second-order valence-corrected chi connectivity index (χ2v) is 5.57. The van der Waals surface area contributed by atoms with Crippen LogP contribution in [0.15, 0.2) is 18.2 Å². The number of rotatable bonds is 6. The van der Waals surface area contributed by atoms with Gasteiger partial charge in [-0.05, 0) is 13.0 Å². The number of amides is 1. The van der Waals surface area contributed by atoms with Gasteiger partial charge in [-0.2, -0.15) is 0 Å². The average molecular weight is 337 g/mol. The number of benzene rings is 1. The molecule has 1 fully saturated rings. The lowest BCUT2D eigenvalue weighted by molar-refractivity contribution is -0.384. The molecule has 1 aliphatic heterocycles. The number of carbonyl (C=O) groups excluding carboxylic acids is 1. The summed E-state index contributed by atoms with van der Waals surface area (Å²) in [6.07, 6.45) is -0.393. The molecule has 2 rings (SSSR count). The molecule has 24 heavy (non-hydrogen) atoms. The van der Waals surface area contributed by atoms with Crippen molar-refractivity contribution in [1.29, 1.82) is 0 Å². The van der Waals surface area contributed by atoms with Gasteiger partial charge in [0.25, 0.3) is 5.69 Å². The van der Waals surface area contributed by atoms with Gasteiger partial charge < -0.3 is 14.7 Å². The number of nitro groups is 1. The Morgan fingerprint density at radius 1 is 1.50 bits per heavy atom. The van der Waals surface area contributed by atoms with E-state index in [9.17, 15) is 19.7 Å². The van der Waals surface area contributed by atoms with Crippen LogP contribution in [0.25, 0.3) is 0 Å². The van der Waals surface area contributed by atoms with Crippen molar-refractivity contribution in [1.82, 2.24) is 9.80 Å². The van der Waals surface area contributed by atoms with Crippen LogP contribution in [-0.4, -0.2) is 71.0 Å². The Morgan fingerprint density at radius 2 is 2.25 bits per heavy atom. The number of nitrogens with zero attached hydrogens (tertiary/aromatic N) is 3. The number of hydrogen-bond donors (Lipinski definition) is 1. The number of nitro benzene ring substituents is 1. The molecule has 9 heteroatoms. The van der Waals surface area contributed by atoms with E-state index in [-0.39, 0.29) is 17.3 Å². The first-order valence-corrected chi connectivity index (χ1v) is 7.50. The normalized spacial score (nSPS) is 18.2. The van der Waals surface area contributed by atoms with E-state index >= 15 is 0 Å². The largest absolute Gasteiger partial charge is 0.491 e. The lowest BCUT2D eigenvalue weighted by Gasteiger charge is -2.38. The summed E-state index contributed by atoms with van der Waals surface area (Å²) in [4.78, 5) is 35.7. The van der Waals surface area contributed by atoms with Crippen molar-refractivity contribution in [3.63, 3.8) is 0 Å². The number of hydrogen-bond acceptors (Lipinski definition) is 6. The van der Waals surface area contributed by atoms with Crippen molar-refractivity contribution in [3.8, 4) is 5.75 Å². The summed E-state index contributed by atoms with van der Waals surface area (Å²) in [5, 5.41) is 19.7. The predicted octanol–water partition coefficient (Wildman–Crippen LogP) is 1.47. The van der Waals surface area contributed by atoms with E-state index in [1.807, 2.05) is 6.92 Å². The predicted molar refractivity (Wildman–Crippen MR) is 84.6 cm³/mol. The number of ether oxygens (including phenoxy) is 1. The molecule has 1 amide bonds. The van der Waals surface area contributed by atoms with Gasteiger partial charge in [0.15, 0.2) is 6.29 Å². The Balaban J connectivity index is 1.87. The summed E-state index contributed by atoms with van der Waals surface area (Å²) in [6.45, 7) is 4.39. The fourth-order valence-electron chi connectivity index (χ4n) is 2.68. The molecule has 0 spiro atoms. The molecule has 1 unspecified atom stereocenters. The van der Waals surface area contributed by atoms with Crippen LogP contribution in [0.1, 0.15) is 17.3 Å². The van der Waals surface area contributed by atoms with Gasteiger partial charge >= 0.3 is 6.09 Å². The maximum atomic E-state index is 11.0. The molecule has 0 radical (unpaired) electrons. The van der Waals surface area contributed by atoms with Crippen LogP contribution in [0.4, 0.5) is 10.5 Å². The van der Waals surface area contributed by atoms with Crippen LogP contribution < -0.4 is 4.74 Å². The van der Waals surface area contributed by atoms with Crippen molar-refractivity contribution >= 4 is 18.1 Å². The monoisotopic (exact) mass is 337 g/mol. The Labute approximate surface area is 138 Å². The van der Waals surface area contributed by atoms with Crippen molar-refractivity contribution in [2.24, 2.45) is 0 Å². The summed E-state index contributed by atoms with van der Waals surface area (Å²) in [7, 11) is 0. The first-order valence-electron chi connectivity index (χ1n) is 7.50. The third kappa shape index (κ3) is 4.19. The summed E-state index contributed by atoms with van der Waals surface area (Å²) >= 11 is 0. The van der Waals surface area contributed by atoms with Crippen LogP contribution in [0.2, 0.25) is 0 Å². The quantitative estimate of drug-likeness (QED) is 0.475. The molecule has 1 heterocycles. The molecule has 130 valence electrons. The van der Waals surface area contributed by atoms with E-state index in [2.05, 4.69) is 4.90 Å². The van der Waals surface area contributed by atoms with E-state index in [0.717, 1.165) is 0 Å². The fraction of sp³-hybridized carbons (Fsp3) is 0.467. The van der Waals surface area contributed by atoms with E-state index in [1.54, 1.807) is 0 Å². The lowest BCUT2D eigenvalue weighted by Crippen LogP contribution is -2.54. The van der Waals surface area contributed by atoms with Gasteiger partial charge in [0, 0.05) is 44.4 Å². The molecule has 9 nitrogen and oxygen atoms in total. The van der Waals surface area contributed by atoms with Crippen LogP contribution in [0.5, 0.6) is 5.75 Å². The minimum Gasteiger partial charge on any atom is -0.491 e. The number of non-ortho nitro benzene ring substituents is 1. The summed E-state index contributed by atoms with van der Waals surface area (Å²) < 4.78 is 5.55. The van der Waals surface area contributed by atoms with Crippen molar-refractivity contribution in [3.05, 3.63) is 33.9 Å². The minimum absolute atomic E-state index is 0.0961. The summed E-state index contributed by atoms with van der Waals surface area (Å²) in [5.41, 5.74) is -0.0312. The summed E-state index contributed by atoms with van der Waals surface area (Å²) in [6, 6.07) is 3.78.